The van der Waals surface area contributed by atoms with Crippen LogP contribution in [0.3, 0.4) is 0 Å². The molecule has 2 aliphatic heterocycles. The van der Waals surface area contributed by atoms with Crippen molar-refractivity contribution < 1.29 is 18.7 Å². The van der Waals surface area contributed by atoms with Gasteiger partial charge in [-0.1, -0.05) is 12.1 Å². The first-order valence-corrected chi connectivity index (χ1v) is 7.99. The van der Waals surface area contributed by atoms with Crippen LogP contribution in [0.25, 0.3) is 0 Å². The van der Waals surface area contributed by atoms with E-state index in [1.165, 1.54) is 19.1 Å². The number of ether oxygens (including phenoxy) is 1. The maximum Gasteiger partial charge on any atom is 0.245 e. The Morgan fingerprint density at radius 3 is 2.65 bits per heavy atom. The second-order valence-electron chi connectivity index (χ2n) is 6.07. The highest BCUT2D eigenvalue weighted by Crippen LogP contribution is 2.25. The second-order valence-corrected chi connectivity index (χ2v) is 6.07. The van der Waals surface area contributed by atoms with Gasteiger partial charge in [0.05, 0.1) is 13.2 Å². The van der Waals surface area contributed by atoms with Gasteiger partial charge in [-0.3, -0.25) is 9.59 Å². The van der Waals surface area contributed by atoms with Crippen LogP contribution in [0.2, 0.25) is 0 Å². The summed E-state index contributed by atoms with van der Waals surface area (Å²) in [6.45, 7) is 3.57. The molecule has 0 spiro atoms. The molecule has 2 heterocycles. The van der Waals surface area contributed by atoms with Gasteiger partial charge in [-0.05, 0) is 30.5 Å². The van der Waals surface area contributed by atoms with Crippen molar-refractivity contribution >= 4 is 11.8 Å². The number of morpholine rings is 1. The van der Waals surface area contributed by atoms with Gasteiger partial charge in [0.25, 0.3) is 0 Å². The van der Waals surface area contributed by atoms with Crippen LogP contribution in [0.4, 0.5) is 4.39 Å². The van der Waals surface area contributed by atoms with Crippen LogP contribution in [0.5, 0.6) is 0 Å². The molecular weight excluding hydrogens is 299 g/mol. The molecule has 2 amide bonds. The smallest absolute Gasteiger partial charge is 0.245 e. The summed E-state index contributed by atoms with van der Waals surface area (Å²) in [6, 6.07) is 5.82. The van der Waals surface area contributed by atoms with Gasteiger partial charge in [-0.15, -0.1) is 0 Å². The number of halogens is 1. The highest BCUT2D eigenvalue weighted by molar-refractivity contribution is 5.87. The van der Waals surface area contributed by atoms with Gasteiger partial charge in [0, 0.05) is 20.0 Å². The van der Waals surface area contributed by atoms with Crippen LogP contribution < -0.4 is 0 Å². The average Bonchev–Trinajstić information content (AvgIpc) is 3.05. The molecule has 0 bridgehead atoms. The molecule has 23 heavy (non-hydrogen) atoms. The molecule has 0 saturated carbocycles. The summed E-state index contributed by atoms with van der Waals surface area (Å²) < 4.78 is 18.8. The number of carbonyl (C=O) groups is 2. The summed E-state index contributed by atoms with van der Waals surface area (Å²) in [5, 5.41) is 0. The van der Waals surface area contributed by atoms with Crippen LogP contribution in [-0.4, -0.2) is 53.9 Å². The quantitative estimate of drug-likeness (QED) is 0.834. The number of hydrogen-bond donors (Lipinski definition) is 0. The van der Waals surface area contributed by atoms with Gasteiger partial charge in [-0.2, -0.15) is 0 Å². The maximum absolute atomic E-state index is 13.0. The SMILES string of the molecule is CC(=O)N1CCC[C@@H]1C(=O)N1CCO[C@@H](c2ccc(F)cc2)C1. The average molecular weight is 320 g/mol. The van der Waals surface area contributed by atoms with Crippen molar-refractivity contribution in [2.24, 2.45) is 0 Å². The van der Waals surface area contributed by atoms with Crippen molar-refractivity contribution in [1.82, 2.24) is 9.80 Å². The summed E-state index contributed by atoms with van der Waals surface area (Å²) in [5.74, 6) is -0.349. The largest absolute Gasteiger partial charge is 0.370 e. The van der Waals surface area contributed by atoms with E-state index in [2.05, 4.69) is 0 Å². The summed E-state index contributed by atoms with van der Waals surface area (Å²) in [4.78, 5) is 27.8. The third-order valence-corrected chi connectivity index (χ3v) is 4.56. The summed E-state index contributed by atoms with van der Waals surface area (Å²) in [7, 11) is 0. The molecule has 1 aromatic carbocycles. The first-order valence-electron chi connectivity index (χ1n) is 7.99. The van der Waals surface area contributed by atoms with Crippen molar-refractivity contribution in [3.05, 3.63) is 35.6 Å². The Morgan fingerprint density at radius 2 is 1.96 bits per heavy atom. The van der Waals surface area contributed by atoms with Gasteiger partial charge in [0.1, 0.15) is 18.0 Å². The fourth-order valence-corrected chi connectivity index (χ4v) is 3.34. The first-order chi connectivity index (χ1) is 11.1. The summed E-state index contributed by atoms with van der Waals surface area (Å²) in [5.41, 5.74) is 0.860. The van der Waals surface area contributed by atoms with E-state index >= 15 is 0 Å². The molecule has 3 rings (SSSR count). The summed E-state index contributed by atoms with van der Waals surface area (Å²) in [6.07, 6.45) is 1.33. The monoisotopic (exact) mass is 320 g/mol. The minimum atomic E-state index is -0.348. The van der Waals surface area contributed by atoms with Crippen molar-refractivity contribution in [3.8, 4) is 0 Å². The molecule has 0 N–H and O–H groups in total. The zero-order chi connectivity index (χ0) is 16.4. The van der Waals surface area contributed by atoms with Gasteiger partial charge in [0.2, 0.25) is 11.8 Å². The Morgan fingerprint density at radius 1 is 1.22 bits per heavy atom. The van der Waals surface area contributed by atoms with E-state index in [1.54, 1.807) is 21.9 Å². The number of carbonyl (C=O) groups excluding carboxylic acids is 2. The Bertz CT molecular complexity index is 590. The van der Waals surface area contributed by atoms with Crippen molar-refractivity contribution in [2.45, 2.75) is 31.9 Å². The molecule has 0 aromatic heterocycles. The molecular formula is C17H21FN2O3. The Hall–Kier alpha value is -1.95. The van der Waals surface area contributed by atoms with Gasteiger partial charge in [-0.25, -0.2) is 4.39 Å². The second kappa shape index (κ2) is 6.66. The molecule has 124 valence electrons. The van der Waals surface area contributed by atoms with E-state index in [4.69, 9.17) is 4.74 Å². The lowest BCUT2D eigenvalue weighted by Gasteiger charge is -2.36. The van der Waals surface area contributed by atoms with Crippen molar-refractivity contribution in [1.29, 1.82) is 0 Å². The number of hydrogen-bond acceptors (Lipinski definition) is 3. The Kier molecular flexibility index (Phi) is 4.61. The van der Waals surface area contributed by atoms with E-state index in [1.807, 2.05) is 0 Å². The van der Waals surface area contributed by atoms with E-state index in [0.717, 1.165) is 18.4 Å². The number of benzene rings is 1. The van der Waals surface area contributed by atoms with Crippen LogP contribution >= 0.6 is 0 Å². The molecule has 2 fully saturated rings. The molecule has 0 radical (unpaired) electrons. The predicted molar refractivity (Wildman–Crippen MR) is 82.1 cm³/mol. The molecule has 2 atom stereocenters. The standard InChI is InChI=1S/C17H21FN2O3/c1-12(21)20-8-2-3-15(20)17(22)19-9-10-23-16(11-19)13-4-6-14(18)7-5-13/h4-7,15-16H,2-3,8-11H2,1H3/t15-,16-/m1/s1. The molecule has 2 saturated heterocycles. The number of rotatable bonds is 2. The highest BCUT2D eigenvalue weighted by Gasteiger charge is 2.37. The fraction of sp³-hybridized carbons (Fsp3) is 0.529. The molecule has 1 aromatic rings. The first kappa shape index (κ1) is 15.9. The van der Waals surface area contributed by atoms with E-state index < -0.39 is 0 Å². The maximum atomic E-state index is 13.0. The number of amides is 2. The highest BCUT2D eigenvalue weighted by atomic mass is 19.1. The molecule has 0 unspecified atom stereocenters. The van der Waals surface area contributed by atoms with Crippen LogP contribution in [0, 0.1) is 5.82 Å². The van der Waals surface area contributed by atoms with Crippen LogP contribution in [0.15, 0.2) is 24.3 Å². The van der Waals surface area contributed by atoms with Gasteiger partial charge >= 0.3 is 0 Å². The number of likely N-dealkylation sites (tertiary alicyclic amines) is 1. The number of nitrogens with zero attached hydrogens (tertiary/aromatic N) is 2. The van der Waals surface area contributed by atoms with E-state index in [-0.39, 0.29) is 29.8 Å². The minimum absolute atomic E-state index is 0.00638. The zero-order valence-corrected chi connectivity index (χ0v) is 13.2. The minimum Gasteiger partial charge on any atom is -0.370 e. The lowest BCUT2D eigenvalue weighted by Crippen LogP contribution is -2.51. The third-order valence-electron chi connectivity index (χ3n) is 4.56. The van der Waals surface area contributed by atoms with Crippen molar-refractivity contribution in [2.75, 3.05) is 26.2 Å². The third kappa shape index (κ3) is 3.37. The van der Waals surface area contributed by atoms with Crippen LogP contribution in [-0.2, 0) is 14.3 Å². The summed E-state index contributed by atoms with van der Waals surface area (Å²) >= 11 is 0. The lowest BCUT2D eigenvalue weighted by atomic mass is 10.1. The molecule has 6 heteroatoms. The normalized spacial score (nSPS) is 24.8. The molecule has 2 aliphatic rings. The Balaban J connectivity index is 1.69. The van der Waals surface area contributed by atoms with Crippen molar-refractivity contribution in [3.63, 3.8) is 0 Å². The zero-order valence-electron chi connectivity index (χ0n) is 13.2. The Labute approximate surface area is 135 Å². The topological polar surface area (TPSA) is 49.9 Å². The van der Waals surface area contributed by atoms with Crippen LogP contribution in [0.1, 0.15) is 31.4 Å². The van der Waals surface area contributed by atoms with E-state index in [9.17, 15) is 14.0 Å². The van der Waals surface area contributed by atoms with Gasteiger partial charge < -0.3 is 14.5 Å². The predicted octanol–water partition coefficient (Wildman–Crippen LogP) is 1.74. The fourth-order valence-electron chi connectivity index (χ4n) is 3.34. The van der Waals surface area contributed by atoms with Gasteiger partial charge in [0.15, 0.2) is 0 Å². The molecule has 0 aliphatic carbocycles. The molecule has 5 nitrogen and oxygen atoms in total. The lowest BCUT2D eigenvalue weighted by molar-refractivity contribution is -0.148. The van der Waals surface area contributed by atoms with E-state index in [0.29, 0.717) is 26.2 Å².